The molecule has 0 bridgehead atoms. The molecule has 0 radical (unpaired) electrons. The number of carbonyl (C=O) groups is 3. The molecule has 27 heavy (non-hydrogen) atoms. The molecule has 2 N–H and O–H groups in total. The summed E-state index contributed by atoms with van der Waals surface area (Å²) in [5, 5.41) is 9.27. The zero-order valence-electron chi connectivity index (χ0n) is 16.8. The van der Waals surface area contributed by atoms with E-state index in [0.29, 0.717) is 5.92 Å². The van der Waals surface area contributed by atoms with E-state index in [1.807, 2.05) is 0 Å². The molecule has 1 heterocycles. The number of amides is 3. The number of carbonyl (C=O) groups excluding carboxylic acids is 3. The van der Waals surface area contributed by atoms with E-state index in [9.17, 15) is 14.4 Å². The zero-order chi connectivity index (χ0) is 20.2. The molecule has 2 rings (SSSR count). The van der Waals surface area contributed by atoms with Gasteiger partial charge in [0.25, 0.3) is 0 Å². The van der Waals surface area contributed by atoms with E-state index in [4.69, 9.17) is 0 Å². The summed E-state index contributed by atoms with van der Waals surface area (Å²) in [6, 6.07) is -0.0137. The van der Waals surface area contributed by atoms with Gasteiger partial charge in [0, 0.05) is 20.1 Å². The maximum Gasteiger partial charge on any atom is 0.316 e. The van der Waals surface area contributed by atoms with Crippen LogP contribution >= 0.6 is 0 Å². The minimum Gasteiger partial charge on any atom is -0.347 e. The van der Waals surface area contributed by atoms with Crippen molar-refractivity contribution in [2.24, 2.45) is 11.3 Å². The van der Waals surface area contributed by atoms with Gasteiger partial charge in [0.1, 0.15) is 12.9 Å². The standard InChI is InChI=1S/C18H30N6O3/c1-18(2,3)12-8-6-7-9-13(12)20-15(26)16(27)21-17-19-11-24(22-17)10-14(25)23(4)5/h11-13H,6-10H2,1-5H3,(H,20,26)(H,21,22,27)/t12-,13+/m0/s1. The van der Waals surface area contributed by atoms with Crippen LogP contribution in [-0.2, 0) is 20.9 Å². The van der Waals surface area contributed by atoms with Crippen LogP contribution in [0.5, 0.6) is 0 Å². The SMILES string of the molecule is CN(C)C(=O)Cn1cnc(NC(=O)C(=O)N[C@@H]2CCCC[C@@H]2C(C)(C)C)n1. The highest BCUT2D eigenvalue weighted by Gasteiger charge is 2.35. The molecule has 1 aromatic heterocycles. The van der Waals surface area contributed by atoms with Crippen LogP contribution in [0.1, 0.15) is 46.5 Å². The molecular weight excluding hydrogens is 348 g/mol. The fourth-order valence-corrected chi connectivity index (χ4v) is 3.44. The van der Waals surface area contributed by atoms with E-state index in [1.54, 1.807) is 14.1 Å². The lowest BCUT2D eigenvalue weighted by Crippen LogP contribution is -2.49. The second-order valence-corrected chi connectivity index (χ2v) is 8.34. The summed E-state index contributed by atoms with van der Waals surface area (Å²) < 4.78 is 1.31. The minimum absolute atomic E-state index is 0.00211. The molecule has 3 amide bonds. The molecule has 1 fully saturated rings. The third kappa shape index (κ3) is 5.77. The summed E-state index contributed by atoms with van der Waals surface area (Å²) in [5.41, 5.74) is 0.0636. The van der Waals surface area contributed by atoms with Crippen molar-refractivity contribution >= 4 is 23.7 Å². The van der Waals surface area contributed by atoms with Gasteiger partial charge in [-0.05, 0) is 24.2 Å². The number of likely N-dealkylation sites (N-methyl/N-ethyl adjacent to an activating group) is 1. The number of aromatic nitrogens is 3. The third-order valence-corrected chi connectivity index (χ3v) is 4.96. The summed E-state index contributed by atoms with van der Waals surface area (Å²) in [4.78, 5) is 41.5. The van der Waals surface area contributed by atoms with Crippen LogP contribution in [0.25, 0.3) is 0 Å². The van der Waals surface area contributed by atoms with Crippen molar-refractivity contribution in [1.29, 1.82) is 0 Å². The van der Waals surface area contributed by atoms with Crippen molar-refractivity contribution in [3.63, 3.8) is 0 Å². The molecule has 1 aliphatic rings. The third-order valence-electron chi connectivity index (χ3n) is 4.96. The van der Waals surface area contributed by atoms with Gasteiger partial charge in [-0.15, -0.1) is 5.10 Å². The number of hydrogen-bond donors (Lipinski definition) is 2. The highest BCUT2D eigenvalue weighted by atomic mass is 16.2. The molecule has 0 saturated heterocycles. The topological polar surface area (TPSA) is 109 Å². The first-order valence-corrected chi connectivity index (χ1v) is 9.29. The second kappa shape index (κ2) is 8.49. The quantitative estimate of drug-likeness (QED) is 0.761. The van der Waals surface area contributed by atoms with Gasteiger partial charge in [-0.2, -0.15) is 0 Å². The number of anilines is 1. The van der Waals surface area contributed by atoms with Crippen LogP contribution < -0.4 is 10.6 Å². The van der Waals surface area contributed by atoms with Gasteiger partial charge in [0.2, 0.25) is 11.9 Å². The highest BCUT2D eigenvalue weighted by Crippen LogP contribution is 2.37. The van der Waals surface area contributed by atoms with E-state index in [-0.39, 0.29) is 29.9 Å². The molecule has 9 heteroatoms. The van der Waals surface area contributed by atoms with Gasteiger partial charge >= 0.3 is 11.8 Å². The van der Waals surface area contributed by atoms with Crippen LogP contribution in [0.15, 0.2) is 6.33 Å². The number of hydrogen-bond acceptors (Lipinski definition) is 5. The van der Waals surface area contributed by atoms with Crippen LogP contribution in [0, 0.1) is 11.3 Å². The fourth-order valence-electron chi connectivity index (χ4n) is 3.44. The van der Waals surface area contributed by atoms with Crippen molar-refractivity contribution in [2.75, 3.05) is 19.4 Å². The van der Waals surface area contributed by atoms with Crippen LogP contribution in [0.4, 0.5) is 5.95 Å². The number of rotatable bonds is 4. The van der Waals surface area contributed by atoms with Crippen LogP contribution in [0.3, 0.4) is 0 Å². The van der Waals surface area contributed by atoms with Gasteiger partial charge in [-0.3, -0.25) is 19.7 Å². The average Bonchev–Trinajstić information content (AvgIpc) is 3.01. The lowest BCUT2D eigenvalue weighted by molar-refractivity contribution is -0.137. The van der Waals surface area contributed by atoms with Gasteiger partial charge in [-0.1, -0.05) is 33.6 Å². The molecule has 1 saturated carbocycles. The molecule has 0 aliphatic heterocycles. The minimum atomic E-state index is -0.801. The monoisotopic (exact) mass is 378 g/mol. The maximum absolute atomic E-state index is 12.3. The largest absolute Gasteiger partial charge is 0.347 e. The summed E-state index contributed by atoms with van der Waals surface area (Å²) >= 11 is 0. The summed E-state index contributed by atoms with van der Waals surface area (Å²) in [7, 11) is 3.28. The summed E-state index contributed by atoms with van der Waals surface area (Å²) in [6.45, 7) is 6.49. The number of nitrogens with one attached hydrogen (secondary N) is 2. The zero-order valence-corrected chi connectivity index (χ0v) is 16.8. The smallest absolute Gasteiger partial charge is 0.316 e. The van der Waals surface area contributed by atoms with Gasteiger partial charge in [0.15, 0.2) is 0 Å². The van der Waals surface area contributed by atoms with Gasteiger partial charge in [0.05, 0.1) is 0 Å². The molecule has 1 aliphatic carbocycles. The Bertz CT molecular complexity index is 692. The predicted molar refractivity (Wildman–Crippen MR) is 101 cm³/mol. The molecular formula is C18H30N6O3. The first-order chi connectivity index (χ1) is 12.6. The van der Waals surface area contributed by atoms with Crippen molar-refractivity contribution in [3.8, 4) is 0 Å². The van der Waals surface area contributed by atoms with E-state index in [2.05, 4.69) is 41.5 Å². The Hall–Kier alpha value is -2.45. The molecule has 9 nitrogen and oxygen atoms in total. The number of nitrogens with zero attached hydrogens (tertiary/aromatic N) is 4. The Balaban J connectivity index is 1.93. The van der Waals surface area contributed by atoms with Crippen molar-refractivity contribution in [1.82, 2.24) is 25.0 Å². The van der Waals surface area contributed by atoms with Gasteiger partial charge in [-0.25, -0.2) is 9.67 Å². The van der Waals surface area contributed by atoms with E-state index < -0.39 is 11.8 Å². The first kappa shape index (κ1) is 20.9. The first-order valence-electron chi connectivity index (χ1n) is 9.29. The Kier molecular flexibility index (Phi) is 6.56. The normalized spacial score (nSPS) is 20.0. The summed E-state index contributed by atoms with van der Waals surface area (Å²) in [5.74, 6) is -1.31. The van der Waals surface area contributed by atoms with E-state index in [1.165, 1.54) is 15.9 Å². The Morgan fingerprint density at radius 3 is 2.48 bits per heavy atom. The van der Waals surface area contributed by atoms with Crippen molar-refractivity contribution < 1.29 is 14.4 Å². The molecule has 0 unspecified atom stereocenters. The molecule has 0 spiro atoms. The van der Waals surface area contributed by atoms with E-state index >= 15 is 0 Å². The summed E-state index contributed by atoms with van der Waals surface area (Å²) in [6.07, 6.45) is 5.45. The molecule has 1 aromatic rings. The maximum atomic E-state index is 12.3. The lowest BCUT2D eigenvalue weighted by Gasteiger charge is -2.40. The van der Waals surface area contributed by atoms with Crippen molar-refractivity contribution in [2.45, 2.75) is 59.0 Å². The van der Waals surface area contributed by atoms with Crippen LogP contribution in [0.2, 0.25) is 0 Å². The highest BCUT2D eigenvalue weighted by molar-refractivity contribution is 6.39. The Morgan fingerprint density at radius 1 is 1.19 bits per heavy atom. The fraction of sp³-hybridized carbons (Fsp3) is 0.722. The molecule has 2 atom stereocenters. The Labute approximate surface area is 159 Å². The predicted octanol–water partition coefficient (Wildman–Crippen LogP) is 1.03. The molecule has 0 aromatic carbocycles. The average molecular weight is 378 g/mol. The molecule has 150 valence electrons. The Morgan fingerprint density at radius 2 is 1.85 bits per heavy atom. The second-order valence-electron chi connectivity index (χ2n) is 8.34. The van der Waals surface area contributed by atoms with Crippen LogP contribution in [-0.4, -0.2) is 57.5 Å². The lowest BCUT2D eigenvalue weighted by atomic mass is 9.69. The van der Waals surface area contributed by atoms with Crippen molar-refractivity contribution in [3.05, 3.63) is 6.33 Å². The van der Waals surface area contributed by atoms with Gasteiger partial charge < -0.3 is 10.2 Å². The van der Waals surface area contributed by atoms with E-state index in [0.717, 1.165) is 25.7 Å².